The Morgan fingerprint density at radius 3 is 2.64 bits per heavy atom. The molecule has 1 aromatic rings. The average molecular weight is 348 g/mol. The number of ether oxygens (including phenoxy) is 2. The monoisotopic (exact) mass is 348 g/mol. The highest BCUT2D eigenvalue weighted by Gasteiger charge is 2.29. The van der Waals surface area contributed by atoms with E-state index in [0.717, 1.165) is 26.1 Å². The zero-order valence-electron chi connectivity index (χ0n) is 15.7. The Kier molecular flexibility index (Phi) is 7.72. The molecule has 2 atom stereocenters. The van der Waals surface area contributed by atoms with Crippen LogP contribution in [0.2, 0.25) is 0 Å². The van der Waals surface area contributed by atoms with Gasteiger partial charge in [-0.2, -0.15) is 0 Å². The first-order valence-corrected chi connectivity index (χ1v) is 9.35. The van der Waals surface area contributed by atoms with Crippen LogP contribution in [0.4, 0.5) is 0 Å². The number of rotatable bonds is 9. The number of morpholine rings is 1. The van der Waals surface area contributed by atoms with Crippen molar-refractivity contribution in [2.75, 3.05) is 19.7 Å². The summed E-state index contributed by atoms with van der Waals surface area (Å²) in [5, 5.41) is 0. The topological polar surface area (TPSA) is 64.8 Å². The number of benzene rings is 1. The second-order valence-electron chi connectivity index (χ2n) is 7.28. The van der Waals surface area contributed by atoms with E-state index in [0.29, 0.717) is 23.9 Å². The molecule has 0 saturated carbocycles. The molecule has 2 N–H and O–H groups in total. The summed E-state index contributed by atoms with van der Waals surface area (Å²) in [5.74, 6) is 0.733. The molecule has 1 fully saturated rings. The Bertz CT molecular complexity index is 530. The fourth-order valence-electron chi connectivity index (χ4n) is 3.14. The molecule has 140 valence electrons. The summed E-state index contributed by atoms with van der Waals surface area (Å²) in [6.07, 6.45) is 4.19. The van der Waals surface area contributed by atoms with Gasteiger partial charge in [0.25, 0.3) is 5.91 Å². The van der Waals surface area contributed by atoms with Gasteiger partial charge in [0.1, 0.15) is 5.75 Å². The lowest BCUT2D eigenvalue weighted by atomic mass is 10.0. The molecule has 5 nitrogen and oxygen atoms in total. The van der Waals surface area contributed by atoms with Crippen LogP contribution >= 0.6 is 0 Å². The van der Waals surface area contributed by atoms with Gasteiger partial charge in [-0.1, -0.05) is 45.7 Å². The standard InChI is InChI=1S/C20H32N2O3/c1-4-5-6-18-12-22(13-19(25-18)15(2)3)11-16-7-9-17(10-8-16)24-14-20(21)23/h7-10,15,18-19H,4-6,11-14H2,1-3H3,(H2,21,23)/t18-,19-/m1/s1. The number of carbonyl (C=O) groups excluding carboxylic acids is 1. The van der Waals surface area contributed by atoms with Crippen molar-refractivity contribution in [3.63, 3.8) is 0 Å². The van der Waals surface area contributed by atoms with Gasteiger partial charge in [0.2, 0.25) is 0 Å². The minimum atomic E-state index is -0.463. The van der Waals surface area contributed by atoms with Crippen LogP contribution in [0.15, 0.2) is 24.3 Å². The zero-order chi connectivity index (χ0) is 18.2. The second-order valence-corrected chi connectivity index (χ2v) is 7.28. The summed E-state index contributed by atoms with van der Waals surface area (Å²) in [7, 11) is 0. The molecule has 0 aliphatic carbocycles. The number of amides is 1. The maximum atomic E-state index is 10.8. The first kappa shape index (κ1) is 19.7. The van der Waals surface area contributed by atoms with E-state index in [2.05, 4.69) is 37.8 Å². The average Bonchev–Trinajstić information content (AvgIpc) is 2.59. The van der Waals surface area contributed by atoms with Crippen LogP contribution in [0.25, 0.3) is 0 Å². The van der Waals surface area contributed by atoms with Crippen molar-refractivity contribution in [3.05, 3.63) is 29.8 Å². The van der Waals surface area contributed by atoms with Crippen molar-refractivity contribution < 1.29 is 14.3 Å². The predicted molar refractivity (Wildman–Crippen MR) is 99.4 cm³/mol. The molecule has 5 heteroatoms. The summed E-state index contributed by atoms with van der Waals surface area (Å²) < 4.78 is 11.6. The maximum absolute atomic E-state index is 10.8. The van der Waals surface area contributed by atoms with Crippen molar-refractivity contribution in [1.82, 2.24) is 4.90 Å². The van der Waals surface area contributed by atoms with Crippen LogP contribution in [0.1, 0.15) is 45.6 Å². The lowest BCUT2D eigenvalue weighted by Crippen LogP contribution is -2.48. The first-order valence-electron chi connectivity index (χ1n) is 9.35. The third-order valence-corrected chi connectivity index (χ3v) is 4.60. The largest absolute Gasteiger partial charge is 0.484 e. The van der Waals surface area contributed by atoms with Gasteiger partial charge in [0.05, 0.1) is 12.2 Å². The van der Waals surface area contributed by atoms with Crippen LogP contribution in [0.3, 0.4) is 0 Å². The van der Waals surface area contributed by atoms with Crippen molar-refractivity contribution in [1.29, 1.82) is 0 Å². The van der Waals surface area contributed by atoms with Gasteiger partial charge in [-0.05, 0) is 30.0 Å². The Labute approximate surface area is 151 Å². The molecular weight excluding hydrogens is 316 g/mol. The summed E-state index contributed by atoms with van der Waals surface area (Å²) in [5.41, 5.74) is 6.34. The van der Waals surface area contributed by atoms with E-state index >= 15 is 0 Å². The van der Waals surface area contributed by atoms with Gasteiger partial charge in [0.15, 0.2) is 6.61 Å². The van der Waals surface area contributed by atoms with Gasteiger partial charge >= 0.3 is 0 Å². The van der Waals surface area contributed by atoms with Crippen LogP contribution in [-0.2, 0) is 16.1 Å². The highest BCUT2D eigenvalue weighted by Crippen LogP contribution is 2.23. The fraction of sp³-hybridized carbons (Fsp3) is 0.650. The predicted octanol–water partition coefficient (Wildman–Crippen LogP) is 2.97. The van der Waals surface area contributed by atoms with Gasteiger partial charge in [-0.25, -0.2) is 0 Å². The van der Waals surface area contributed by atoms with Gasteiger partial charge in [0, 0.05) is 19.6 Å². The molecule has 0 bridgehead atoms. The lowest BCUT2D eigenvalue weighted by Gasteiger charge is -2.40. The summed E-state index contributed by atoms with van der Waals surface area (Å²) in [4.78, 5) is 13.3. The van der Waals surface area contributed by atoms with E-state index in [1.807, 2.05) is 12.1 Å². The highest BCUT2D eigenvalue weighted by atomic mass is 16.5. The first-order chi connectivity index (χ1) is 12.0. The summed E-state index contributed by atoms with van der Waals surface area (Å²) in [6, 6.07) is 7.90. The van der Waals surface area contributed by atoms with Crippen LogP contribution < -0.4 is 10.5 Å². The van der Waals surface area contributed by atoms with Crippen LogP contribution in [0, 0.1) is 5.92 Å². The molecule has 1 heterocycles. The van der Waals surface area contributed by atoms with E-state index in [1.54, 1.807) is 0 Å². The van der Waals surface area contributed by atoms with Crippen molar-refractivity contribution in [3.8, 4) is 5.75 Å². The molecule has 1 aliphatic rings. The normalized spacial score (nSPS) is 21.4. The number of nitrogens with two attached hydrogens (primary N) is 1. The fourth-order valence-corrected chi connectivity index (χ4v) is 3.14. The number of carbonyl (C=O) groups is 1. The Balaban J connectivity index is 1.93. The Hall–Kier alpha value is -1.59. The number of unbranched alkanes of at least 4 members (excludes halogenated alkanes) is 1. The minimum Gasteiger partial charge on any atom is -0.484 e. The molecular formula is C20H32N2O3. The molecule has 1 aliphatic heterocycles. The molecule has 0 spiro atoms. The highest BCUT2D eigenvalue weighted by molar-refractivity contribution is 5.75. The van der Waals surface area contributed by atoms with E-state index in [1.165, 1.54) is 18.4 Å². The summed E-state index contributed by atoms with van der Waals surface area (Å²) >= 11 is 0. The molecule has 0 radical (unpaired) electrons. The van der Waals surface area contributed by atoms with Gasteiger partial charge in [-0.3, -0.25) is 9.69 Å². The summed E-state index contributed by atoms with van der Waals surface area (Å²) in [6.45, 7) is 9.47. The third kappa shape index (κ3) is 6.67. The van der Waals surface area contributed by atoms with E-state index in [-0.39, 0.29) is 6.61 Å². The number of hydrogen-bond donors (Lipinski definition) is 1. The van der Waals surface area contributed by atoms with Crippen molar-refractivity contribution >= 4 is 5.91 Å². The lowest BCUT2D eigenvalue weighted by molar-refractivity contribution is -0.119. The quantitative estimate of drug-likeness (QED) is 0.745. The van der Waals surface area contributed by atoms with E-state index < -0.39 is 5.91 Å². The molecule has 1 saturated heterocycles. The molecule has 1 aromatic carbocycles. The van der Waals surface area contributed by atoms with Crippen LogP contribution in [-0.4, -0.2) is 42.7 Å². The molecule has 0 unspecified atom stereocenters. The van der Waals surface area contributed by atoms with Crippen molar-refractivity contribution in [2.24, 2.45) is 11.7 Å². The SMILES string of the molecule is CCCC[C@@H]1CN(Cc2ccc(OCC(N)=O)cc2)C[C@H](C(C)C)O1. The maximum Gasteiger partial charge on any atom is 0.255 e. The Morgan fingerprint density at radius 2 is 2.04 bits per heavy atom. The van der Waals surface area contributed by atoms with Crippen molar-refractivity contribution in [2.45, 2.75) is 58.8 Å². The third-order valence-electron chi connectivity index (χ3n) is 4.60. The minimum absolute atomic E-state index is 0.0853. The zero-order valence-corrected chi connectivity index (χ0v) is 15.7. The molecule has 0 aromatic heterocycles. The number of nitrogens with zero attached hydrogens (tertiary/aromatic N) is 1. The number of hydrogen-bond acceptors (Lipinski definition) is 4. The molecule has 1 amide bonds. The Morgan fingerprint density at radius 1 is 1.32 bits per heavy atom. The molecule has 2 rings (SSSR count). The number of primary amides is 1. The van der Waals surface area contributed by atoms with E-state index in [4.69, 9.17) is 15.2 Å². The second kappa shape index (κ2) is 9.78. The molecule has 25 heavy (non-hydrogen) atoms. The van der Waals surface area contributed by atoms with Crippen LogP contribution in [0.5, 0.6) is 5.75 Å². The van der Waals surface area contributed by atoms with Gasteiger partial charge in [-0.15, -0.1) is 0 Å². The van der Waals surface area contributed by atoms with Gasteiger partial charge < -0.3 is 15.2 Å². The van der Waals surface area contributed by atoms with E-state index in [9.17, 15) is 4.79 Å². The smallest absolute Gasteiger partial charge is 0.255 e.